The molecule has 0 aliphatic carbocycles. The third-order valence-electron chi connectivity index (χ3n) is 4.49. The number of anilines is 2. The van der Waals surface area contributed by atoms with E-state index in [-0.39, 0.29) is 10.8 Å². The van der Waals surface area contributed by atoms with Crippen LogP contribution in [0, 0.1) is 6.92 Å². The van der Waals surface area contributed by atoms with E-state index < -0.39 is 10.0 Å². The molecular formula is C22H19N3O3S2. The first-order valence-corrected chi connectivity index (χ1v) is 11.5. The lowest BCUT2D eigenvalue weighted by Crippen LogP contribution is -2.16. The largest absolute Gasteiger partial charge is 0.326 e. The second-order valence-corrected chi connectivity index (χ2v) is 9.48. The monoisotopic (exact) mass is 437 g/mol. The fourth-order valence-electron chi connectivity index (χ4n) is 3.12. The van der Waals surface area contributed by atoms with Gasteiger partial charge in [-0.1, -0.05) is 30.3 Å². The van der Waals surface area contributed by atoms with Crippen molar-refractivity contribution in [3.8, 4) is 10.6 Å². The summed E-state index contributed by atoms with van der Waals surface area (Å²) in [5.41, 5.74) is 3.02. The van der Waals surface area contributed by atoms with E-state index in [1.54, 1.807) is 31.2 Å². The third kappa shape index (κ3) is 4.05. The molecule has 0 unspecified atom stereocenters. The van der Waals surface area contributed by atoms with Crippen molar-refractivity contribution in [2.24, 2.45) is 0 Å². The summed E-state index contributed by atoms with van der Waals surface area (Å²) >= 11 is 1.51. The number of carbonyl (C=O) groups excluding carboxylic acids is 1. The van der Waals surface area contributed by atoms with Crippen LogP contribution < -0.4 is 10.0 Å². The first-order valence-electron chi connectivity index (χ1n) is 9.19. The van der Waals surface area contributed by atoms with Gasteiger partial charge in [0.05, 0.1) is 20.8 Å². The number of carbonyl (C=O) groups is 1. The Kier molecular flexibility index (Phi) is 5.27. The lowest BCUT2D eigenvalue weighted by molar-refractivity contribution is -0.114. The highest BCUT2D eigenvalue weighted by Gasteiger charge is 2.20. The van der Waals surface area contributed by atoms with Crippen LogP contribution in [0.5, 0.6) is 0 Å². The van der Waals surface area contributed by atoms with Crippen LogP contribution in [0.1, 0.15) is 12.5 Å². The molecule has 30 heavy (non-hydrogen) atoms. The van der Waals surface area contributed by atoms with E-state index in [0.717, 1.165) is 15.2 Å². The molecule has 4 rings (SSSR count). The number of fused-ring (bicyclic) bond motifs is 1. The van der Waals surface area contributed by atoms with Crippen molar-refractivity contribution >= 4 is 48.9 Å². The van der Waals surface area contributed by atoms with E-state index in [1.807, 2.05) is 36.4 Å². The number of para-hydroxylation sites is 2. The van der Waals surface area contributed by atoms with Crippen LogP contribution in [0.3, 0.4) is 0 Å². The van der Waals surface area contributed by atoms with Crippen LogP contribution >= 0.6 is 11.3 Å². The topological polar surface area (TPSA) is 88.2 Å². The van der Waals surface area contributed by atoms with E-state index in [4.69, 9.17) is 0 Å². The number of nitrogens with one attached hydrogen (secondary N) is 2. The molecular weight excluding hydrogens is 418 g/mol. The highest BCUT2D eigenvalue weighted by Crippen LogP contribution is 2.35. The molecule has 1 heterocycles. The highest BCUT2D eigenvalue weighted by molar-refractivity contribution is 7.92. The molecule has 4 aromatic rings. The fourth-order valence-corrected chi connectivity index (χ4v) is 5.47. The van der Waals surface area contributed by atoms with Gasteiger partial charge >= 0.3 is 0 Å². The van der Waals surface area contributed by atoms with Gasteiger partial charge in [0.1, 0.15) is 5.01 Å². The van der Waals surface area contributed by atoms with Gasteiger partial charge < -0.3 is 5.32 Å². The molecule has 0 spiro atoms. The Morgan fingerprint density at radius 1 is 1.00 bits per heavy atom. The summed E-state index contributed by atoms with van der Waals surface area (Å²) in [5.74, 6) is -0.267. The minimum Gasteiger partial charge on any atom is -0.326 e. The maximum absolute atomic E-state index is 13.2. The summed E-state index contributed by atoms with van der Waals surface area (Å²) in [5, 5.41) is 3.36. The van der Waals surface area contributed by atoms with Gasteiger partial charge in [-0.05, 0) is 48.9 Å². The molecule has 0 aliphatic heterocycles. The number of sulfonamides is 1. The number of aryl methyl sites for hydroxylation is 1. The molecule has 1 amide bonds. The lowest BCUT2D eigenvalue weighted by atomic mass is 10.2. The quantitative estimate of drug-likeness (QED) is 0.458. The molecule has 0 saturated heterocycles. The highest BCUT2D eigenvalue weighted by atomic mass is 32.2. The predicted molar refractivity (Wildman–Crippen MR) is 121 cm³/mol. The SMILES string of the molecule is CC(=O)Nc1ccc(C)c(S(=O)(=O)Nc2ccccc2-c2nc3ccccc3s2)c1. The molecule has 0 atom stereocenters. The maximum Gasteiger partial charge on any atom is 0.262 e. The number of rotatable bonds is 5. The summed E-state index contributed by atoms with van der Waals surface area (Å²) in [6, 6.07) is 19.8. The number of amides is 1. The average Bonchev–Trinajstić information content (AvgIpc) is 3.13. The Morgan fingerprint density at radius 3 is 2.50 bits per heavy atom. The minimum atomic E-state index is -3.89. The molecule has 0 fully saturated rings. The fraction of sp³-hybridized carbons (Fsp3) is 0.0909. The standard InChI is InChI=1S/C22H19N3O3S2/c1-14-11-12-16(23-15(2)26)13-21(14)30(27,28)25-18-8-4-3-7-17(18)22-24-19-9-5-6-10-20(19)29-22/h3-13,25H,1-2H3,(H,23,26). The van der Waals surface area contributed by atoms with Crippen LogP contribution in [-0.2, 0) is 14.8 Å². The molecule has 3 aromatic carbocycles. The van der Waals surface area contributed by atoms with E-state index in [0.29, 0.717) is 22.5 Å². The zero-order chi connectivity index (χ0) is 21.3. The zero-order valence-electron chi connectivity index (χ0n) is 16.3. The molecule has 152 valence electrons. The van der Waals surface area contributed by atoms with Crippen molar-refractivity contribution in [1.82, 2.24) is 4.98 Å². The van der Waals surface area contributed by atoms with Crippen LogP contribution in [0.4, 0.5) is 11.4 Å². The molecule has 0 saturated carbocycles. The van der Waals surface area contributed by atoms with Gasteiger partial charge in [-0.25, -0.2) is 13.4 Å². The summed E-state index contributed by atoms with van der Waals surface area (Å²) in [4.78, 5) is 16.1. The van der Waals surface area contributed by atoms with Crippen LogP contribution in [0.2, 0.25) is 0 Å². The molecule has 0 radical (unpaired) electrons. The Hall–Kier alpha value is -3.23. The van der Waals surface area contributed by atoms with Crippen LogP contribution in [-0.4, -0.2) is 19.3 Å². The smallest absolute Gasteiger partial charge is 0.262 e. The van der Waals surface area contributed by atoms with Crippen LogP contribution in [0.25, 0.3) is 20.8 Å². The molecule has 2 N–H and O–H groups in total. The van der Waals surface area contributed by atoms with E-state index in [9.17, 15) is 13.2 Å². The molecule has 8 heteroatoms. The molecule has 1 aromatic heterocycles. The second-order valence-electron chi connectivity index (χ2n) is 6.80. The van der Waals surface area contributed by atoms with Crippen molar-refractivity contribution in [3.63, 3.8) is 0 Å². The van der Waals surface area contributed by atoms with Crippen LogP contribution in [0.15, 0.2) is 71.6 Å². The Bertz CT molecular complexity index is 1330. The van der Waals surface area contributed by atoms with Gasteiger partial charge in [0.2, 0.25) is 5.91 Å². The van der Waals surface area contributed by atoms with Crippen molar-refractivity contribution in [3.05, 3.63) is 72.3 Å². The summed E-state index contributed by atoms with van der Waals surface area (Å²) in [7, 11) is -3.89. The van der Waals surface area contributed by atoms with E-state index >= 15 is 0 Å². The van der Waals surface area contributed by atoms with Gasteiger partial charge in [0.15, 0.2) is 0 Å². The van der Waals surface area contributed by atoms with Crippen molar-refractivity contribution in [1.29, 1.82) is 0 Å². The van der Waals surface area contributed by atoms with Gasteiger partial charge in [0.25, 0.3) is 10.0 Å². The summed E-state index contributed by atoms with van der Waals surface area (Å²) in [6.45, 7) is 3.09. The number of thiazole rings is 1. The first kappa shape index (κ1) is 20.1. The summed E-state index contributed by atoms with van der Waals surface area (Å²) < 4.78 is 30.1. The summed E-state index contributed by atoms with van der Waals surface area (Å²) in [6.07, 6.45) is 0. The molecule has 6 nitrogen and oxygen atoms in total. The Balaban J connectivity index is 1.74. The van der Waals surface area contributed by atoms with Crippen molar-refractivity contribution in [2.45, 2.75) is 18.7 Å². The normalized spacial score (nSPS) is 11.4. The predicted octanol–water partition coefficient (Wildman–Crippen LogP) is 5.03. The van der Waals surface area contributed by atoms with Crippen molar-refractivity contribution in [2.75, 3.05) is 10.0 Å². The van der Waals surface area contributed by atoms with Gasteiger partial charge in [0, 0.05) is 18.2 Å². The third-order valence-corrected chi connectivity index (χ3v) is 7.07. The number of nitrogens with zero attached hydrogens (tertiary/aromatic N) is 1. The molecule has 0 aliphatic rings. The van der Waals surface area contributed by atoms with Crippen molar-refractivity contribution < 1.29 is 13.2 Å². The minimum absolute atomic E-state index is 0.104. The lowest BCUT2D eigenvalue weighted by Gasteiger charge is -2.14. The Morgan fingerprint density at radius 2 is 1.73 bits per heavy atom. The maximum atomic E-state index is 13.2. The number of hydrogen-bond acceptors (Lipinski definition) is 5. The number of aromatic nitrogens is 1. The van der Waals surface area contributed by atoms with Gasteiger partial charge in [-0.2, -0.15) is 0 Å². The number of hydrogen-bond donors (Lipinski definition) is 2. The number of benzene rings is 3. The van der Waals surface area contributed by atoms with E-state index in [1.165, 1.54) is 24.3 Å². The first-order chi connectivity index (χ1) is 14.3. The Labute approximate surface area is 178 Å². The van der Waals surface area contributed by atoms with Gasteiger partial charge in [-0.15, -0.1) is 11.3 Å². The van der Waals surface area contributed by atoms with Gasteiger partial charge in [-0.3, -0.25) is 9.52 Å². The molecule has 0 bridgehead atoms. The zero-order valence-corrected chi connectivity index (χ0v) is 18.0. The average molecular weight is 438 g/mol. The van der Waals surface area contributed by atoms with E-state index in [2.05, 4.69) is 15.0 Å². The second kappa shape index (κ2) is 7.89.